The number of hydrogen-bond acceptors (Lipinski definition) is 3. The molecule has 2 aromatic rings. The van der Waals surface area contributed by atoms with Crippen molar-refractivity contribution in [3.05, 3.63) is 63.9 Å². The highest BCUT2D eigenvalue weighted by Crippen LogP contribution is 2.39. The Labute approximate surface area is 110 Å². The van der Waals surface area contributed by atoms with Gasteiger partial charge in [-0.3, -0.25) is 0 Å². The van der Waals surface area contributed by atoms with E-state index in [0.717, 1.165) is 12.0 Å². The third kappa shape index (κ3) is 1.68. The first-order valence-electron chi connectivity index (χ1n) is 5.83. The first kappa shape index (κ1) is 11.2. The summed E-state index contributed by atoms with van der Waals surface area (Å²) in [6.45, 7) is 4.22. The molecule has 0 fully saturated rings. The van der Waals surface area contributed by atoms with E-state index >= 15 is 0 Å². The second-order valence-electron chi connectivity index (χ2n) is 4.41. The van der Waals surface area contributed by atoms with Gasteiger partial charge in [-0.15, -0.1) is 16.5 Å². The van der Waals surface area contributed by atoms with Crippen molar-refractivity contribution in [2.75, 3.05) is 0 Å². The van der Waals surface area contributed by atoms with E-state index in [1.807, 2.05) is 12.1 Å². The van der Waals surface area contributed by atoms with Crippen molar-refractivity contribution in [1.29, 1.82) is 0 Å². The summed E-state index contributed by atoms with van der Waals surface area (Å²) >= 11 is 1.70. The van der Waals surface area contributed by atoms with E-state index < -0.39 is 0 Å². The van der Waals surface area contributed by atoms with Gasteiger partial charge in [-0.25, -0.2) is 0 Å². The van der Waals surface area contributed by atoms with Crippen molar-refractivity contribution in [2.45, 2.75) is 12.3 Å². The van der Waals surface area contributed by atoms with Crippen LogP contribution in [0.15, 0.2) is 47.4 Å². The highest BCUT2D eigenvalue weighted by atomic mass is 32.1. The fourth-order valence-corrected chi connectivity index (χ4v) is 3.51. The molecule has 1 aromatic carbocycles. The molecule has 0 saturated carbocycles. The molecule has 3 heteroatoms. The van der Waals surface area contributed by atoms with Gasteiger partial charge in [-0.2, -0.15) is 0 Å². The van der Waals surface area contributed by atoms with E-state index in [1.165, 1.54) is 21.6 Å². The first-order valence-corrected chi connectivity index (χ1v) is 6.71. The van der Waals surface area contributed by atoms with Gasteiger partial charge in [0.25, 0.3) is 0 Å². The molecule has 1 heterocycles. The van der Waals surface area contributed by atoms with E-state index in [1.54, 1.807) is 17.6 Å². The summed E-state index contributed by atoms with van der Waals surface area (Å²) in [4.78, 5) is 1.23. The molecule has 0 amide bonds. The summed E-state index contributed by atoms with van der Waals surface area (Å²) < 4.78 is 0. The highest BCUT2D eigenvalue weighted by molar-refractivity contribution is 7.10. The molecule has 1 atom stereocenters. The van der Waals surface area contributed by atoms with Gasteiger partial charge in [0.05, 0.1) is 6.21 Å². The van der Waals surface area contributed by atoms with Crippen LogP contribution in [0, 0.1) is 0 Å². The number of nitrogens with zero attached hydrogens (tertiary/aromatic N) is 1. The van der Waals surface area contributed by atoms with Gasteiger partial charge in [0.15, 0.2) is 0 Å². The van der Waals surface area contributed by atoms with Crippen LogP contribution in [0.1, 0.15) is 27.5 Å². The highest BCUT2D eigenvalue weighted by Gasteiger charge is 2.24. The number of fused-ring (bicyclic) bond motifs is 2. The van der Waals surface area contributed by atoms with Crippen LogP contribution in [0.5, 0.6) is 0 Å². The van der Waals surface area contributed by atoms with Crippen LogP contribution in [0.4, 0.5) is 0 Å². The number of oxime groups is 1. The summed E-state index contributed by atoms with van der Waals surface area (Å²) in [6, 6.07) is 10.4. The van der Waals surface area contributed by atoms with Crippen molar-refractivity contribution in [2.24, 2.45) is 5.16 Å². The number of thiophene rings is 1. The minimum absolute atomic E-state index is 0.130. The third-order valence-corrected chi connectivity index (χ3v) is 4.43. The molecule has 1 aromatic heterocycles. The zero-order chi connectivity index (χ0) is 12.5. The average Bonchev–Trinajstić information content (AvgIpc) is 2.83. The van der Waals surface area contributed by atoms with Gasteiger partial charge in [0, 0.05) is 10.8 Å². The predicted octanol–water partition coefficient (Wildman–Crippen LogP) is 3.91. The Morgan fingerprint density at radius 1 is 1.28 bits per heavy atom. The standard InChI is InChI=1S/C15H13NOS/c1-10-13-5-3-2-4-11(13)8-12(9-16-17)15-14(10)6-7-18-15/h2-7,9,12,17H,1,8H2/b16-9-. The molecule has 0 saturated heterocycles. The van der Waals surface area contributed by atoms with Crippen LogP contribution in [0.3, 0.4) is 0 Å². The number of benzene rings is 1. The number of rotatable bonds is 1. The predicted molar refractivity (Wildman–Crippen MR) is 75.6 cm³/mol. The van der Waals surface area contributed by atoms with Crippen LogP contribution in [0.25, 0.3) is 5.57 Å². The van der Waals surface area contributed by atoms with E-state index in [4.69, 9.17) is 5.21 Å². The molecule has 1 unspecified atom stereocenters. The second-order valence-corrected chi connectivity index (χ2v) is 5.36. The van der Waals surface area contributed by atoms with Crippen LogP contribution in [0.2, 0.25) is 0 Å². The Balaban J connectivity index is 2.21. The first-order chi connectivity index (χ1) is 8.81. The van der Waals surface area contributed by atoms with Crippen molar-refractivity contribution in [3.8, 4) is 0 Å². The lowest BCUT2D eigenvalue weighted by Crippen LogP contribution is -2.02. The number of hydrogen-bond donors (Lipinski definition) is 1. The summed E-state index contributed by atoms with van der Waals surface area (Å²) in [5.41, 5.74) is 4.70. The Kier molecular flexibility index (Phi) is 2.76. The van der Waals surface area contributed by atoms with Crippen molar-refractivity contribution >= 4 is 23.1 Å². The van der Waals surface area contributed by atoms with Gasteiger partial charge in [0.2, 0.25) is 0 Å². The Morgan fingerprint density at radius 3 is 2.94 bits per heavy atom. The maximum absolute atomic E-state index is 8.84. The van der Waals surface area contributed by atoms with Gasteiger partial charge < -0.3 is 5.21 Å². The van der Waals surface area contributed by atoms with E-state index in [-0.39, 0.29) is 5.92 Å². The summed E-state index contributed by atoms with van der Waals surface area (Å²) in [5, 5.41) is 14.1. The molecule has 1 aliphatic carbocycles. The molecule has 1 N–H and O–H groups in total. The van der Waals surface area contributed by atoms with Crippen molar-refractivity contribution < 1.29 is 5.21 Å². The van der Waals surface area contributed by atoms with Gasteiger partial charge in [-0.05, 0) is 40.1 Å². The zero-order valence-electron chi connectivity index (χ0n) is 9.84. The Hall–Kier alpha value is -1.87. The molecule has 2 nitrogen and oxygen atoms in total. The second kappa shape index (κ2) is 4.42. The minimum atomic E-state index is 0.130. The lowest BCUT2D eigenvalue weighted by molar-refractivity contribution is 0.319. The fraction of sp³-hybridized carbons (Fsp3) is 0.133. The molecule has 3 rings (SSSR count). The van der Waals surface area contributed by atoms with E-state index in [2.05, 4.69) is 35.3 Å². The molecular formula is C15H13NOS. The summed E-state index contributed by atoms with van der Waals surface area (Å²) in [7, 11) is 0. The molecule has 0 bridgehead atoms. The Morgan fingerprint density at radius 2 is 2.11 bits per heavy atom. The van der Waals surface area contributed by atoms with E-state index in [9.17, 15) is 0 Å². The van der Waals surface area contributed by atoms with Crippen molar-refractivity contribution in [1.82, 2.24) is 0 Å². The van der Waals surface area contributed by atoms with Gasteiger partial charge in [0.1, 0.15) is 0 Å². The van der Waals surface area contributed by atoms with Crippen LogP contribution in [-0.4, -0.2) is 11.4 Å². The Bertz CT molecular complexity index is 627. The zero-order valence-corrected chi connectivity index (χ0v) is 10.7. The lowest BCUT2D eigenvalue weighted by Gasteiger charge is -2.08. The van der Waals surface area contributed by atoms with Crippen molar-refractivity contribution in [3.63, 3.8) is 0 Å². The fourth-order valence-electron chi connectivity index (χ4n) is 2.53. The average molecular weight is 255 g/mol. The summed E-state index contributed by atoms with van der Waals surface area (Å²) in [6.07, 6.45) is 2.47. The SMILES string of the molecule is C=C1c2ccccc2CC(/C=N\O)c2sccc21. The maximum Gasteiger partial charge on any atom is 0.0522 e. The molecule has 0 spiro atoms. The van der Waals surface area contributed by atoms with Crippen LogP contribution >= 0.6 is 11.3 Å². The summed E-state index contributed by atoms with van der Waals surface area (Å²) in [5.74, 6) is 0.130. The van der Waals surface area contributed by atoms with Crippen LogP contribution in [-0.2, 0) is 6.42 Å². The quantitative estimate of drug-likeness (QED) is 0.468. The van der Waals surface area contributed by atoms with Gasteiger partial charge >= 0.3 is 0 Å². The molecule has 1 aliphatic rings. The molecule has 0 radical (unpaired) electrons. The molecule has 18 heavy (non-hydrogen) atoms. The minimum Gasteiger partial charge on any atom is -0.411 e. The molecule has 0 aliphatic heterocycles. The topological polar surface area (TPSA) is 32.6 Å². The molecular weight excluding hydrogens is 242 g/mol. The van der Waals surface area contributed by atoms with Gasteiger partial charge in [-0.1, -0.05) is 30.8 Å². The smallest absolute Gasteiger partial charge is 0.0522 e. The lowest BCUT2D eigenvalue weighted by atomic mass is 9.97. The van der Waals surface area contributed by atoms with E-state index in [0.29, 0.717) is 0 Å². The maximum atomic E-state index is 8.84. The largest absolute Gasteiger partial charge is 0.411 e. The van der Waals surface area contributed by atoms with Crippen LogP contribution < -0.4 is 0 Å². The monoisotopic (exact) mass is 255 g/mol. The third-order valence-electron chi connectivity index (χ3n) is 3.39. The normalized spacial score (nSPS) is 18.4. The molecule has 90 valence electrons.